The zero-order valence-electron chi connectivity index (χ0n) is 16.3. The number of H-pyrrole nitrogens is 1. The lowest BCUT2D eigenvalue weighted by molar-refractivity contribution is 0.103. The summed E-state index contributed by atoms with van der Waals surface area (Å²) in [5.74, 6) is -0.506. The third kappa shape index (κ3) is 3.19. The van der Waals surface area contributed by atoms with E-state index in [9.17, 15) is 18.0 Å². The van der Waals surface area contributed by atoms with Gasteiger partial charge in [-0.05, 0) is 44.9 Å². The molecule has 0 spiro atoms. The average Bonchev–Trinajstić information content (AvgIpc) is 3.03. The summed E-state index contributed by atoms with van der Waals surface area (Å²) in [4.78, 5) is 30.8. The molecule has 0 aliphatic carbocycles. The topological polar surface area (TPSA) is 111 Å². The van der Waals surface area contributed by atoms with Gasteiger partial charge in [0.25, 0.3) is 5.56 Å². The van der Waals surface area contributed by atoms with E-state index in [0.29, 0.717) is 35.6 Å². The Labute approximate surface area is 163 Å². The van der Waals surface area contributed by atoms with Gasteiger partial charge in [0.2, 0.25) is 0 Å². The van der Waals surface area contributed by atoms with Crippen LogP contribution in [-0.2, 0) is 21.2 Å². The van der Waals surface area contributed by atoms with E-state index >= 15 is 0 Å². The lowest BCUT2D eigenvalue weighted by Gasteiger charge is -2.23. The van der Waals surface area contributed by atoms with Crippen LogP contribution >= 0.6 is 0 Å². The van der Waals surface area contributed by atoms with Crippen molar-refractivity contribution in [3.8, 4) is 0 Å². The van der Waals surface area contributed by atoms with Crippen LogP contribution in [0.15, 0.2) is 27.1 Å². The van der Waals surface area contributed by atoms with Crippen molar-refractivity contribution in [3.63, 3.8) is 0 Å². The molecule has 0 atom stereocenters. The van der Waals surface area contributed by atoms with Gasteiger partial charge in [0.1, 0.15) is 12.2 Å². The number of benzene rings is 1. The highest BCUT2D eigenvalue weighted by atomic mass is 32.2. The minimum atomic E-state index is -3.49. The monoisotopic (exact) mass is 405 g/mol. The molecule has 3 rings (SSSR count). The molecule has 1 aromatic carbocycles. The van der Waals surface area contributed by atoms with Gasteiger partial charge in [-0.1, -0.05) is 5.16 Å². The summed E-state index contributed by atoms with van der Waals surface area (Å²) >= 11 is 0. The van der Waals surface area contributed by atoms with Crippen molar-refractivity contribution < 1.29 is 18.0 Å². The summed E-state index contributed by atoms with van der Waals surface area (Å²) in [5.41, 5.74) is 1.76. The molecule has 9 heteroatoms. The van der Waals surface area contributed by atoms with Gasteiger partial charge in [0.15, 0.2) is 15.6 Å². The first kappa shape index (κ1) is 20.1. The minimum Gasteiger partial charge on any atom is -0.396 e. The number of aryl methyl sites for hydroxylation is 2. The molecule has 150 valence electrons. The number of oxime groups is 1. The molecule has 0 amide bonds. The molecule has 0 bridgehead atoms. The summed E-state index contributed by atoms with van der Waals surface area (Å²) in [5, 5.41) is 6.85. The zero-order valence-corrected chi connectivity index (χ0v) is 17.1. The number of rotatable bonds is 5. The first-order valence-corrected chi connectivity index (χ1v) is 10.8. The van der Waals surface area contributed by atoms with Gasteiger partial charge in [0, 0.05) is 30.3 Å². The molecular formula is C19H23N3O5S. The van der Waals surface area contributed by atoms with Crippen molar-refractivity contribution in [2.45, 2.75) is 45.6 Å². The number of hydrogen-bond donors (Lipinski definition) is 1. The predicted octanol–water partition coefficient (Wildman–Crippen LogP) is 1.96. The Kier molecular flexibility index (Phi) is 5.29. The van der Waals surface area contributed by atoms with E-state index < -0.39 is 21.2 Å². The normalized spacial score (nSPS) is 16.8. The van der Waals surface area contributed by atoms with Gasteiger partial charge >= 0.3 is 0 Å². The minimum absolute atomic E-state index is 0.0197. The maximum absolute atomic E-state index is 13.1. The fourth-order valence-electron chi connectivity index (χ4n) is 3.52. The summed E-state index contributed by atoms with van der Waals surface area (Å²) in [6.45, 7) is 7.67. The van der Waals surface area contributed by atoms with E-state index in [0.717, 1.165) is 0 Å². The molecule has 0 fully saturated rings. The summed E-state index contributed by atoms with van der Waals surface area (Å²) in [6.07, 6.45) is 1.59. The van der Waals surface area contributed by atoms with Crippen molar-refractivity contribution in [1.82, 2.24) is 9.78 Å². The Balaban J connectivity index is 2.26. The van der Waals surface area contributed by atoms with Crippen LogP contribution in [0.1, 0.15) is 52.9 Å². The third-order valence-electron chi connectivity index (χ3n) is 4.88. The smallest absolute Gasteiger partial charge is 0.277 e. The number of nitrogens with zero attached hydrogens (tertiary/aromatic N) is 2. The van der Waals surface area contributed by atoms with E-state index in [1.807, 2.05) is 0 Å². The number of ketones is 1. The Morgan fingerprint density at radius 2 is 2.00 bits per heavy atom. The van der Waals surface area contributed by atoms with Gasteiger partial charge in [-0.25, -0.2) is 8.42 Å². The quantitative estimate of drug-likeness (QED) is 0.604. The number of aromatic nitrogens is 2. The average molecular weight is 405 g/mol. The molecule has 1 aliphatic heterocycles. The second kappa shape index (κ2) is 7.38. The summed E-state index contributed by atoms with van der Waals surface area (Å²) < 4.78 is 26.7. The number of fused-ring (bicyclic) bond motifs is 1. The van der Waals surface area contributed by atoms with Crippen LogP contribution in [0.3, 0.4) is 0 Å². The SMILES string of the molecule is CCO/N=C1/CCS(=O)(=O)c2c(C)cc(C(=O)c3c[nH]n(CC)c3=O)c(C)c21. The number of nitrogens with one attached hydrogen (secondary N) is 1. The Hall–Kier alpha value is -2.68. The highest BCUT2D eigenvalue weighted by molar-refractivity contribution is 7.91. The molecule has 0 unspecified atom stereocenters. The molecule has 0 saturated heterocycles. The van der Waals surface area contributed by atoms with Gasteiger partial charge in [0.05, 0.1) is 16.4 Å². The van der Waals surface area contributed by atoms with E-state index in [1.54, 1.807) is 33.8 Å². The standard InChI is InChI=1S/C19H23N3O5S/c1-5-22-19(24)14(10-20-22)17(23)13-9-11(3)18-16(12(13)4)15(21-27-6-2)7-8-28(18,25)26/h9-10,20H,5-8H2,1-4H3/b21-15-. The van der Waals surface area contributed by atoms with Crippen LogP contribution in [0.2, 0.25) is 0 Å². The lowest BCUT2D eigenvalue weighted by atomic mass is 9.91. The van der Waals surface area contributed by atoms with Gasteiger partial charge in [-0.15, -0.1) is 0 Å². The molecular weight excluding hydrogens is 382 g/mol. The Morgan fingerprint density at radius 3 is 2.61 bits per heavy atom. The number of hydrogen-bond acceptors (Lipinski definition) is 6. The van der Waals surface area contributed by atoms with Crippen LogP contribution in [0.25, 0.3) is 0 Å². The fraction of sp³-hybridized carbons (Fsp3) is 0.421. The van der Waals surface area contributed by atoms with Crippen molar-refractivity contribution in [2.24, 2.45) is 5.16 Å². The zero-order chi connectivity index (χ0) is 20.6. The third-order valence-corrected chi connectivity index (χ3v) is 6.77. The number of carbonyl (C=O) groups is 1. The van der Waals surface area contributed by atoms with E-state index in [4.69, 9.17) is 4.84 Å². The number of aromatic amines is 1. The first-order chi connectivity index (χ1) is 13.2. The molecule has 1 N–H and O–H groups in total. The van der Waals surface area contributed by atoms with Gasteiger partial charge < -0.3 is 9.94 Å². The van der Waals surface area contributed by atoms with E-state index in [1.165, 1.54) is 10.9 Å². The molecule has 2 heterocycles. The Bertz CT molecular complexity index is 1140. The van der Waals surface area contributed by atoms with Crippen LogP contribution < -0.4 is 5.56 Å². The molecule has 2 aromatic rings. The van der Waals surface area contributed by atoms with Crippen molar-refractivity contribution >= 4 is 21.3 Å². The van der Waals surface area contributed by atoms with Crippen LogP contribution in [0, 0.1) is 13.8 Å². The molecule has 1 aliphatic rings. The van der Waals surface area contributed by atoms with Crippen LogP contribution in [-0.4, -0.2) is 42.1 Å². The fourth-order valence-corrected chi connectivity index (χ4v) is 5.32. The van der Waals surface area contributed by atoms with Gasteiger partial charge in [-0.3, -0.25) is 14.3 Å². The molecule has 8 nitrogen and oxygen atoms in total. The Morgan fingerprint density at radius 1 is 1.29 bits per heavy atom. The molecule has 28 heavy (non-hydrogen) atoms. The maximum atomic E-state index is 13.1. The van der Waals surface area contributed by atoms with Gasteiger partial charge in [-0.2, -0.15) is 0 Å². The highest BCUT2D eigenvalue weighted by Gasteiger charge is 2.34. The number of sulfone groups is 1. The molecule has 0 saturated carbocycles. The predicted molar refractivity (Wildman–Crippen MR) is 105 cm³/mol. The largest absolute Gasteiger partial charge is 0.396 e. The van der Waals surface area contributed by atoms with Crippen LogP contribution in [0.4, 0.5) is 0 Å². The van der Waals surface area contributed by atoms with Crippen molar-refractivity contribution in [1.29, 1.82) is 0 Å². The van der Waals surface area contributed by atoms with Crippen molar-refractivity contribution in [3.05, 3.63) is 50.4 Å². The molecule has 0 radical (unpaired) electrons. The van der Waals surface area contributed by atoms with E-state index in [-0.39, 0.29) is 28.2 Å². The highest BCUT2D eigenvalue weighted by Crippen LogP contribution is 2.33. The summed E-state index contributed by atoms with van der Waals surface area (Å²) in [6, 6.07) is 1.54. The van der Waals surface area contributed by atoms with Crippen LogP contribution in [0.5, 0.6) is 0 Å². The second-order valence-electron chi connectivity index (χ2n) is 6.66. The maximum Gasteiger partial charge on any atom is 0.277 e. The number of carbonyl (C=O) groups excluding carboxylic acids is 1. The van der Waals surface area contributed by atoms with E-state index in [2.05, 4.69) is 10.3 Å². The molecule has 1 aromatic heterocycles. The summed E-state index contributed by atoms with van der Waals surface area (Å²) in [7, 11) is -3.49. The second-order valence-corrected chi connectivity index (χ2v) is 8.71. The van der Waals surface area contributed by atoms with Crippen molar-refractivity contribution in [2.75, 3.05) is 12.4 Å². The lowest BCUT2D eigenvalue weighted by Crippen LogP contribution is -2.27. The first-order valence-electron chi connectivity index (χ1n) is 9.12.